The third-order valence-electron chi connectivity index (χ3n) is 1.17. The van der Waals surface area contributed by atoms with Gasteiger partial charge in [-0.1, -0.05) is 5.21 Å². The van der Waals surface area contributed by atoms with E-state index in [1.54, 1.807) is 29.5 Å². The van der Waals surface area contributed by atoms with E-state index >= 15 is 0 Å². The van der Waals surface area contributed by atoms with Gasteiger partial charge in [-0.3, -0.25) is 5.10 Å². The minimum atomic E-state index is 0.887. The van der Waals surface area contributed by atoms with E-state index in [4.69, 9.17) is 0 Å². The maximum absolute atomic E-state index is 3.77. The average molecular weight is 135 g/mol. The maximum Gasteiger partial charge on any atom is 0.104 e. The van der Waals surface area contributed by atoms with E-state index in [2.05, 4.69) is 20.5 Å². The van der Waals surface area contributed by atoms with Gasteiger partial charge in [0.05, 0.1) is 18.6 Å². The fraction of sp³-hybridized carbons (Fsp3) is 0. The van der Waals surface area contributed by atoms with E-state index in [9.17, 15) is 0 Å². The first-order valence-electron chi connectivity index (χ1n) is 2.82. The molecule has 0 atom stereocenters. The Morgan fingerprint density at radius 3 is 3.10 bits per heavy atom. The van der Waals surface area contributed by atoms with Gasteiger partial charge in [0.1, 0.15) is 5.69 Å². The van der Waals surface area contributed by atoms with Gasteiger partial charge in [0, 0.05) is 6.20 Å². The largest absolute Gasteiger partial charge is 0.283 e. The van der Waals surface area contributed by atoms with Crippen LogP contribution in [0.4, 0.5) is 0 Å². The van der Waals surface area contributed by atoms with Gasteiger partial charge in [0.15, 0.2) is 0 Å². The maximum atomic E-state index is 3.77. The summed E-state index contributed by atoms with van der Waals surface area (Å²) >= 11 is 0. The molecular weight excluding hydrogens is 130 g/mol. The molecule has 5 heteroatoms. The molecule has 1 N–H and O–H groups in total. The van der Waals surface area contributed by atoms with Crippen molar-refractivity contribution in [3.05, 3.63) is 24.8 Å². The Morgan fingerprint density at radius 1 is 1.50 bits per heavy atom. The molecule has 2 aromatic heterocycles. The van der Waals surface area contributed by atoms with Crippen LogP contribution in [0.1, 0.15) is 0 Å². The number of aromatic nitrogens is 5. The monoisotopic (exact) mass is 135 g/mol. The van der Waals surface area contributed by atoms with E-state index in [-0.39, 0.29) is 0 Å². The summed E-state index contributed by atoms with van der Waals surface area (Å²) in [5, 5.41) is 13.9. The van der Waals surface area contributed by atoms with Crippen LogP contribution in [-0.4, -0.2) is 25.2 Å². The molecule has 2 rings (SSSR count). The Kier molecular flexibility index (Phi) is 1.00. The SMILES string of the molecule is c1cn(-c2cn[nH]c2)nn1. The van der Waals surface area contributed by atoms with Crippen LogP contribution in [0.25, 0.3) is 5.69 Å². The van der Waals surface area contributed by atoms with Gasteiger partial charge in [-0.15, -0.1) is 5.10 Å². The van der Waals surface area contributed by atoms with Crippen LogP contribution in [0.5, 0.6) is 0 Å². The molecule has 2 heterocycles. The third-order valence-corrected chi connectivity index (χ3v) is 1.17. The van der Waals surface area contributed by atoms with Crippen LogP contribution >= 0.6 is 0 Å². The number of nitrogens with one attached hydrogen (secondary N) is 1. The number of H-pyrrole nitrogens is 1. The topological polar surface area (TPSA) is 59.4 Å². The molecule has 0 aliphatic rings. The van der Waals surface area contributed by atoms with Gasteiger partial charge >= 0.3 is 0 Å². The lowest BCUT2D eigenvalue weighted by Gasteiger charge is -1.88. The summed E-state index contributed by atoms with van der Waals surface area (Å²) in [6.45, 7) is 0. The molecule has 0 aliphatic heterocycles. The molecule has 0 amide bonds. The van der Waals surface area contributed by atoms with E-state index in [1.807, 2.05) is 0 Å². The Balaban J connectivity index is 2.48. The highest BCUT2D eigenvalue weighted by atomic mass is 15.4. The molecule has 5 nitrogen and oxygen atoms in total. The molecular formula is C5H5N5. The number of hydrogen-bond donors (Lipinski definition) is 1. The Labute approximate surface area is 56.7 Å². The van der Waals surface area contributed by atoms with Crippen LogP contribution in [0.15, 0.2) is 24.8 Å². The second-order valence-corrected chi connectivity index (χ2v) is 1.80. The summed E-state index contributed by atoms with van der Waals surface area (Å²) < 4.78 is 1.63. The van der Waals surface area contributed by atoms with Crippen LogP contribution in [0, 0.1) is 0 Å². The summed E-state index contributed by atoms with van der Waals surface area (Å²) in [5.74, 6) is 0. The van der Waals surface area contributed by atoms with E-state index in [0.29, 0.717) is 0 Å². The first-order valence-corrected chi connectivity index (χ1v) is 2.82. The second kappa shape index (κ2) is 1.94. The Bertz CT molecular complexity index is 249. The molecule has 2 aromatic rings. The van der Waals surface area contributed by atoms with E-state index in [0.717, 1.165) is 5.69 Å². The quantitative estimate of drug-likeness (QED) is 0.598. The first kappa shape index (κ1) is 5.16. The number of rotatable bonds is 1. The van der Waals surface area contributed by atoms with E-state index < -0.39 is 0 Å². The minimum absolute atomic E-state index is 0.887. The molecule has 0 saturated heterocycles. The van der Waals surface area contributed by atoms with Crippen molar-refractivity contribution in [2.24, 2.45) is 0 Å². The van der Waals surface area contributed by atoms with Crippen LogP contribution in [0.2, 0.25) is 0 Å². The molecule has 10 heavy (non-hydrogen) atoms. The molecule has 0 aliphatic carbocycles. The van der Waals surface area contributed by atoms with Gasteiger partial charge < -0.3 is 0 Å². The van der Waals surface area contributed by atoms with Crippen molar-refractivity contribution >= 4 is 0 Å². The number of hydrogen-bond acceptors (Lipinski definition) is 3. The fourth-order valence-electron chi connectivity index (χ4n) is 0.715. The summed E-state index contributed by atoms with van der Waals surface area (Å²) in [6, 6.07) is 0. The predicted octanol–water partition coefficient (Wildman–Crippen LogP) is -0.00960. The van der Waals surface area contributed by atoms with Crippen molar-refractivity contribution in [1.29, 1.82) is 0 Å². The second-order valence-electron chi connectivity index (χ2n) is 1.80. The van der Waals surface area contributed by atoms with Crippen LogP contribution in [0.3, 0.4) is 0 Å². The lowest BCUT2D eigenvalue weighted by atomic mass is 10.6. The summed E-state index contributed by atoms with van der Waals surface area (Å²) in [4.78, 5) is 0. The number of nitrogens with zero attached hydrogens (tertiary/aromatic N) is 4. The van der Waals surface area contributed by atoms with Gasteiger partial charge in [0.25, 0.3) is 0 Å². The van der Waals surface area contributed by atoms with Crippen molar-refractivity contribution in [3.63, 3.8) is 0 Å². The van der Waals surface area contributed by atoms with E-state index in [1.165, 1.54) is 0 Å². The zero-order chi connectivity index (χ0) is 6.81. The molecule has 0 bridgehead atoms. The minimum Gasteiger partial charge on any atom is -0.283 e. The standard InChI is InChI=1S/C5H5N5/c1-2-10(9-6-1)5-3-7-8-4-5/h1-4H,(H,7,8). The van der Waals surface area contributed by atoms with Crippen molar-refractivity contribution in [1.82, 2.24) is 25.2 Å². The van der Waals surface area contributed by atoms with Crippen molar-refractivity contribution in [2.45, 2.75) is 0 Å². The van der Waals surface area contributed by atoms with Gasteiger partial charge in [0.2, 0.25) is 0 Å². The highest BCUT2D eigenvalue weighted by Gasteiger charge is 1.94. The highest BCUT2D eigenvalue weighted by molar-refractivity contribution is 5.21. The average Bonchev–Trinajstić information content (AvgIpc) is 2.59. The molecule has 0 aromatic carbocycles. The Hall–Kier alpha value is -1.65. The molecule has 0 unspecified atom stereocenters. The van der Waals surface area contributed by atoms with Crippen LogP contribution < -0.4 is 0 Å². The summed E-state index contributed by atoms with van der Waals surface area (Å²) in [6.07, 6.45) is 6.79. The summed E-state index contributed by atoms with van der Waals surface area (Å²) in [7, 11) is 0. The highest BCUT2D eigenvalue weighted by Crippen LogP contribution is 1.98. The third kappa shape index (κ3) is 0.680. The van der Waals surface area contributed by atoms with Crippen molar-refractivity contribution < 1.29 is 0 Å². The molecule has 0 fully saturated rings. The lowest BCUT2D eigenvalue weighted by Crippen LogP contribution is -1.91. The van der Waals surface area contributed by atoms with Crippen LogP contribution in [-0.2, 0) is 0 Å². The lowest BCUT2D eigenvalue weighted by molar-refractivity contribution is 0.804. The zero-order valence-electron chi connectivity index (χ0n) is 5.10. The zero-order valence-corrected chi connectivity index (χ0v) is 5.10. The normalized spacial score (nSPS) is 10.0. The molecule has 0 spiro atoms. The van der Waals surface area contributed by atoms with Gasteiger partial charge in [-0.2, -0.15) is 5.10 Å². The molecule has 0 radical (unpaired) electrons. The number of aromatic amines is 1. The van der Waals surface area contributed by atoms with Gasteiger partial charge in [-0.05, 0) is 0 Å². The smallest absolute Gasteiger partial charge is 0.104 e. The molecule has 0 saturated carbocycles. The fourth-order valence-corrected chi connectivity index (χ4v) is 0.715. The first-order chi connectivity index (χ1) is 4.97. The van der Waals surface area contributed by atoms with Crippen molar-refractivity contribution in [3.8, 4) is 5.69 Å². The van der Waals surface area contributed by atoms with Crippen molar-refractivity contribution in [2.75, 3.05) is 0 Å². The Morgan fingerprint density at radius 2 is 2.50 bits per heavy atom. The van der Waals surface area contributed by atoms with Gasteiger partial charge in [-0.25, -0.2) is 4.68 Å². The summed E-state index contributed by atoms with van der Waals surface area (Å²) in [5.41, 5.74) is 0.887. The molecule has 50 valence electrons. The predicted molar refractivity (Wildman–Crippen MR) is 33.5 cm³/mol.